The number of methoxy groups -OCH3 is 1. The average Bonchev–Trinajstić information content (AvgIpc) is 2.56. The van der Waals surface area contributed by atoms with Gasteiger partial charge in [0.25, 0.3) is 0 Å². The summed E-state index contributed by atoms with van der Waals surface area (Å²) < 4.78 is 6.86. The van der Waals surface area contributed by atoms with Crippen molar-refractivity contribution >= 4 is 5.91 Å². The van der Waals surface area contributed by atoms with E-state index in [1.54, 1.807) is 7.11 Å². The number of aromatic nitrogens is 1. The van der Waals surface area contributed by atoms with Crippen LogP contribution in [0.5, 0.6) is 0 Å². The number of nitrogens with one attached hydrogen (secondary N) is 2. The largest absolute Gasteiger partial charge is 0.383 e. The minimum atomic E-state index is -0.0398. The van der Waals surface area contributed by atoms with Gasteiger partial charge in [-0.15, -0.1) is 0 Å². The van der Waals surface area contributed by atoms with Gasteiger partial charge in [0.2, 0.25) is 5.91 Å². The lowest BCUT2D eigenvalue weighted by Gasteiger charge is -2.15. The van der Waals surface area contributed by atoms with Gasteiger partial charge in [-0.2, -0.15) is 0 Å². The number of ether oxygens (including phenoxy) is 1. The first-order valence-electron chi connectivity index (χ1n) is 5.71. The van der Waals surface area contributed by atoms with Crippen LogP contribution in [0.3, 0.4) is 0 Å². The summed E-state index contributed by atoms with van der Waals surface area (Å²) in [6, 6.07) is 4.04. The van der Waals surface area contributed by atoms with Crippen LogP contribution in [0.2, 0.25) is 0 Å². The number of hydrogen-bond donors (Lipinski definition) is 2. The Labute approximate surface area is 102 Å². The fourth-order valence-corrected chi connectivity index (χ4v) is 1.69. The molecule has 0 spiro atoms. The molecule has 0 aliphatic heterocycles. The molecule has 0 saturated carbocycles. The molecule has 0 aromatic carbocycles. The molecule has 17 heavy (non-hydrogen) atoms. The molecule has 5 nitrogen and oxygen atoms in total. The van der Waals surface area contributed by atoms with E-state index in [9.17, 15) is 4.79 Å². The maximum Gasteiger partial charge on any atom is 0.241 e. The van der Waals surface area contributed by atoms with Gasteiger partial charge in [-0.3, -0.25) is 9.47 Å². The van der Waals surface area contributed by atoms with Gasteiger partial charge in [0.05, 0.1) is 6.61 Å². The van der Waals surface area contributed by atoms with Crippen molar-refractivity contribution in [3.63, 3.8) is 0 Å². The third-order valence-corrected chi connectivity index (χ3v) is 2.49. The molecule has 0 radical (unpaired) electrons. The average molecular weight is 239 g/mol. The summed E-state index contributed by atoms with van der Waals surface area (Å²) in [5, 5.41) is 2.84. The molecule has 0 bridgehead atoms. The summed E-state index contributed by atoms with van der Waals surface area (Å²) in [6.07, 6.45) is 0. The molecule has 1 aromatic rings. The van der Waals surface area contributed by atoms with Gasteiger partial charge in [-0.05, 0) is 32.9 Å². The van der Waals surface area contributed by atoms with Crippen LogP contribution in [-0.2, 0) is 9.53 Å². The number of amides is 1. The highest BCUT2D eigenvalue weighted by Gasteiger charge is 2.07. The zero-order valence-corrected chi connectivity index (χ0v) is 10.9. The predicted octanol–water partition coefficient (Wildman–Crippen LogP) is 0.800. The van der Waals surface area contributed by atoms with Crippen molar-refractivity contribution in [1.29, 1.82) is 0 Å². The molecular weight excluding hydrogens is 218 g/mol. The zero-order chi connectivity index (χ0) is 12.8. The highest BCUT2D eigenvalue weighted by atomic mass is 16.5. The van der Waals surface area contributed by atoms with Crippen LogP contribution in [0.1, 0.15) is 18.3 Å². The van der Waals surface area contributed by atoms with Crippen molar-refractivity contribution in [1.82, 2.24) is 9.99 Å². The monoisotopic (exact) mass is 239 g/mol. The smallest absolute Gasteiger partial charge is 0.241 e. The lowest BCUT2D eigenvalue weighted by atomic mass is 10.3. The molecule has 1 atom stereocenters. The SMILES string of the molecule is COCC(C)NC(=O)CNn1c(C)ccc1C. The second-order valence-corrected chi connectivity index (χ2v) is 4.21. The van der Waals surface area contributed by atoms with E-state index in [0.29, 0.717) is 6.61 Å². The maximum atomic E-state index is 11.6. The highest BCUT2D eigenvalue weighted by Crippen LogP contribution is 2.03. The second kappa shape index (κ2) is 6.30. The van der Waals surface area contributed by atoms with Gasteiger partial charge >= 0.3 is 0 Å². The van der Waals surface area contributed by atoms with Crippen molar-refractivity contribution in [2.24, 2.45) is 0 Å². The molecule has 1 amide bonds. The number of carbonyl (C=O) groups is 1. The van der Waals surface area contributed by atoms with Crippen LogP contribution in [0.25, 0.3) is 0 Å². The van der Waals surface area contributed by atoms with E-state index in [0.717, 1.165) is 11.4 Å². The lowest BCUT2D eigenvalue weighted by Crippen LogP contribution is -2.40. The van der Waals surface area contributed by atoms with E-state index in [4.69, 9.17) is 4.74 Å². The summed E-state index contributed by atoms with van der Waals surface area (Å²) in [5.74, 6) is -0.0398. The first-order chi connectivity index (χ1) is 8.04. The van der Waals surface area contributed by atoms with Crippen LogP contribution >= 0.6 is 0 Å². The van der Waals surface area contributed by atoms with E-state index in [1.807, 2.05) is 37.6 Å². The van der Waals surface area contributed by atoms with Crippen LogP contribution in [0.15, 0.2) is 12.1 Å². The third-order valence-electron chi connectivity index (χ3n) is 2.49. The fourth-order valence-electron chi connectivity index (χ4n) is 1.69. The maximum absolute atomic E-state index is 11.6. The number of carbonyl (C=O) groups excluding carboxylic acids is 1. The predicted molar refractivity (Wildman–Crippen MR) is 67.6 cm³/mol. The minimum absolute atomic E-state index is 0.0288. The van der Waals surface area contributed by atoms with Crippen molar-refractivity contribution in [2.45, 2.75) is 26.8 Å². The molecule has 5 heteroatoms. The summed E-state index contributed by atoms with van der Waals surface area (Å²) in [4.78, 5) is 11.6. The van der Waals surface area contributed by atoms with Gasteiger partial charge in [0.15, 0.2) is 0 Å². The summed E-state index contributed by atoms with van der Waals surface area (Å²) in [6.45, 7) is 6.67. The number of rotatable bonds is 6. The Morgan fingerprint density at radius 2 is 2.00 bits per heavy atom. The molecular formula is C12H21N3O2. The normalized spacial score (nSPS) is 12.2. The molecule has 0 aliphatic rings. The van der Waals surface area contributed by atoms with Crippen molar-refractivity contribution < 1.29 is 9.53 Å². The van der Waals surface area contributed by atoms with E-state index >= 15 is 0 Å². The summed E-state index contributed by atoms with van der Waals surface area (Å²) >= 11 is 0. The summed E-state index contributed by atoms with van der Waals surface area (Å²) in [5.41, 5.74) is 5.24. The van der Waals surface area contributed by atoms with Crippen molar-refractivity contribution in [3.8, 4) is 0 Å². The Morgan fingerprint density at radius 3 is 2.53 bits per heavy atom. The first-order valence-corrected chi connectivity index (χ1v) is 5.71. The quantitative estimate of drug-likeness (QED) is 0.772. The zero-order valence-electron chi connectivity index (χ0n) is 10.9. The molecule has 1 heterocycles. The van der Waals surface area contributed by atoms with Gasteiger partial charge in [-0.1, -0.05) is 0 Å². The number of hydrogen-bond acceptors (Lipinski definition) is 3. The molecule has 0 fully saturated rings. The Balaban J connectivity index is 2.38. The molecule has 1 aromatic heterocycles. The van der Waals surface area contributed by atoms with E-state index in [1.165, 1.54) is 0 Å². The van der Waals surface area contributed by atoms with Crippen molar-refractivity contribution in [2.75, 3.05) is 25.7 Å². The standard InChI is InChI=1S/C12H21N3O2/c1-9(8-17-4)14-12(16)7-13-15-10(2)5-6-11(15)3/h5-6,9,13H,7-8H2,1-4H3,(H,14,16). The Bertz CT molecular complexity index is 354. The van der Waals surface area contributed by atoms with Crippen molar-refractivity contribution in [3.05, 3.63) is 23.5 Å². The number of nitrogens with zero attached hydrogens (tertiary/aromatic N) is 1. The van der Waals surface area contributed by atoms with Crippen LogP contribution in [-0.4, -0.2) is 36.9 Å². The van der Waals surface area contributed by atoms with Gasteiger partial charge in [0.1, 0.15) is 6.54 Å². The Hall–Kier alpha value is -1.49. The van der Waals surface area contributed by atoms with E-state index in [2.05, 4.69) is 10.7 Å². The molecule has 1 unspecified atom stereocenters. The minimum Gasteiger partial charge on any atom is -0.383 e. The van der Waals surface area contributed by atoms with Gasteiger partial charge in [0, 0.05) is 24.5 Å². The lowest BCUT2D eigenvalue weighted by molar-refractivity contribution is -0.120. The first kappa shape index (κ1) is 13.6. The molecule has 2 N–H and O–H groups in total. The number of aryl methyl sites for hydroxylation is 2. The fraction of sp³-hybridized carbons (Fsp3) is 0.583. The van der Waals surface area contributed by atoms with Crippen LogP contribution < -0.4 is 10.7 Å². The molecule has 96 valence electrons. The second-order valence-electron chi connectivity index (χ2n) is 4.21. The molecule has 0 aliphatic carbocycles. The molecule has 0 saturated heterocycles. The van der Waals surface area contributed by atoms with Gasteiger partial charge in [-0.25, -0.2) is 0 Å². The Kier molecular flexibility index (Phi) is 5.03. The van der Waals surface area contributed by atoms with Crippen LogP contribution in [0, 0.1) is 13.8 Å². The highest BCUT2D eigenvalue weighted by molar-refractivity contribution is 5.79. The topological polar surface area (TPSA) is 55.3 Å². The Morgan fingerprint density at radius 1 is 1.41 bits per heavy atom. The summed E-state index contributed by atoms with van der Waals surface area (Å²) in [7, 11) is 1.62. The van der Waals surface area contributed by atoms with E-state index < -0.39 is 0 Å². The molecule has 1 rings (SSSR count). The van der Waals surface area contributed by atoms with Crippen LogP contribution in [0.4, 0.5) is 0 Å². The third kappa shape index (κ3) is 4.11. The van der Waals surface area contributed by atoms with E-state index in [-0.39, 0.29) is 18.5 Å². The van der Waals surface area contributed by atoms with Gasteiger partial charge < -0.3 is 15.5 Å².